The number of amides is 1. The van der Waals surface area contributed by atoms with Crippen molar-refractivity contribution in [3.05, 3.63) is 29.7 Å². The number of nitrogens with zero attached hydrogens (tertiary/aromatic N) is 4. The van der Waals surface area contributed by atoms with Crippen LogP contribution < -0.4 is 5.32 Å². The summed E-state index contributed by atoms with van der Waals surface area (Å²) in [7, 11) is 1.64. The number of methoxy groups -OCH3 is 1. The molecule has 0 radical (unpaired) electrons. The highest BCUT2D eigenvalue weighted by molar-refractivity contribution is 7.99. The molecule has 0 aromatic carbocycles. The minimum Gasteiger partial charge on any atom is -0.469 e. The molecular formula is C15H17N5O3S2. The van der Waals surface area contributed by atoms with Crippen molar-refractivity contribution in [1.29, 1.82) is 0 Å². The third-order valence-corrected chi connectivity index (χ3v) is 5.00. The van der Waals surface area contributed by atoms with Crippen molar-refractivity contribution in [2.75, 3.05) is 24.8 Å². The van der Waals surface area contributed by atoms with Gasteiger partial charge < -0.3 is 14.5 Å². The Morgan fingerprint density at radius 2 is 2.36 bits per heavy atom. The van der Waals surface area contributed by atoms with Gasteiger partial charge in [0.15, 0.2) is 16.1 Å². The minimum atomic E-state index is -0.137. The van der Waals surface area contributed by atoms with Gasteiger partial charge in [-0.25, -0.2) is 4.98 Å². The largest absolute Gasteiger partial charge is 0.469 e. The van der Waals surface area contributed by atoms with E-state index in [1.807, 2.05) is 22.9 Å². The van der Waals surface area contributed by atoms with Crippen molar-refractivity contribution in [3.63, 3.8) is 0 Å². The van der Waals surface area contributed by atoms with Crippen molar-refractivity contribution < 1.29 is 13.9 Å². The van der Waals surface area contributed by atoms with Gasteiger partial charge in [0.1, 0.15) is 5.76 Å². The number of hydrogen-bond acceptors (Lipinski definition) is 8. The third kappa shape index (κ3) is 4.27. The zero-order valence-electron chi connectivity index (χ0n) is 13.8. The minimum absolute atomic E-state index is 0.137. The molecule has 132 valence electrons. The summed E-state index contributed by atoms with van der Waals surface area (Å²) >= 11 is 2.70. The van der Waals surface area contributed by atoms with Crippen LogP contribution in [-0.2, 0) is 16.1 Å². The molecular weight excluding hydrogens is 362 g/mol. The highest BCUT2D eigenvalue weighted by Gasteiger charge is 2.18. The molecule has 1 N–H and O–H groups in total. The van der Waals surface area contributed by atoms with Crippen LogP contribution >= 0.6 is 23.1 Å². The molecule has 25 heavy (non-hydrogen) atoms. The molecule has 3 aromatic rings. The maximum Gasteiger partial charge on any atom is 0.236 e. The fourth-order valence-electron chi connectivity index (χ4n) is 2.17. The highest BCUT2D eigenvalue weighted by atomic mass is 32.2. The zero-order valence-corrected chi connectivity index (χ0v) is 15.4. The first kappa shape index (κ1) is 17.6. The first-order valence-corrected chi connectivity index (χ1v) is 9.34. The van der Waals surface area contributed by atoms with E-state index < -0.39 is 0 Å². The van der Waals surface area contributed by atoms with Gasteiger partial charge in [0.05, 0.1) is 30.7 Å². The maximum absolute atomic E-state index is 12.0. The van der Waals surface area contributed by atoms with Gasteiger partial charge in [-0.3, -0.25) is 9.36 Å². The monoisotopic (exact) mass is 379 g/mol. The number of nitrogens with one attached hydrogen (secondary N) is 1. The summed E-state index contributed by atoms with van der Waals surface area (Å²) < 4.78 is 12.5. The second-order valence-electron chi connectivity index (χ2n) is 5.02. The van der Waals surface area contributed by atoms with Crippen molar-refractivity contribution in [3.8, 4) is 11.4 Å². The number of ether oxygens (including phenoxy) is 1. The molecule has 0 aliphatic heterocycles. The number of furan rings is 1. The van der Waals surface area contributed by atoms with Gasteiger partial charge in [0.2, 0.25) is 5.91 Å². The lowest BCUT2D eigenvalue weighted by Gasteiger charge is -2.09. The average molecular weight is 379 g/mol. The Labute approximate surface area is 152 Å². The van der Waals surface area contributed by atoms with E-state index in [1.54, 1.807) is 19.6 Å². The van der Waals surface area contributed by atoms with E-state index in [0.717, 1.165) is 11.3 Å². The van der Waals surface area contributed by atoms with E-state index in [0.29, 0.717) is 29.3 Å². The molecule has 0 aliphatic carbocycles. The summed E-state index contributed by atoms with van der Waals surface area (Å²) in [6.07, 6.45) is 3.27. The van der Waals surface area contributed by atoms with Crippen LogP contribution in [0.3, 0.4) is 0 Å². The van der Waals surface area contributed by atoms with Gasteiger partial charge in [0, 0.05) is 18.7 Å². The van der Waals surface area contributed by atoms with E-state index in [4.69, 9.17) is 9.15 Å². The number of hydrogen-bond donors (Lipinski definition) is 1. The number of thioether (sulfide) groups is 1. The van der Waals surface area contributed by atoms with Gasteiger partial charge in [-0.05, 0) is 13.0 Å². The number of aromatic nitrogens is 4. The first-order valence-electron chi connectivity index (χ1n) is 7.47. The van der Waals surface area contributed by atoms with Crippen LogP contribution in [-0.4, -0.2) is 45.1 Å². The lowest BCUT2D eigenvalue weighted by molar-refractivity contribution is -0.113. The van der Waals surface area contributed by atoms with Crippen molar-refractivity contribution in [2.45, 2.75) is 18.6 Å². The summed E-state index contributed by atoms with van der Waals surface area (Å²) in [4.78, 5) is 16.1. The van der Waals surface area contributed by atoms with Gasteiger partial charge in [0.25, 0.3) is 0 Å². The third-order valence-electron chi connectivity index (χ3n) is 3.35. The van der Waals surface area contributed by atoms with Crippen molar-refractivity contribution in [1.82, 2.24) is 19.7 Å². The molecule has 0 unspecified atom stereocenters. The van der Waals surface area contributed by atoms with Crippen molar-refractivity contribution in [2.24, 2.45) is 0 Å². The Hall–Kier alpha value is -2.17. The van der Waals surface area contributed by atoms with Crippen LogP contribution in [0, 0.1) is 6.92 Å². The molecule has 3 rings (SSSR count). The predicted molar refractivity (Wildman–Crippen MR) is 95.8 cm³/mol. The van der Waals surface area contributed by atoms with Crippen LogP contribution in [0.5, 0.6) is 0 Å². The van der Waals surface area contributed by atoms with Crippen LogP contribution in [0.4, 0.5) is 5.13 Å². The zero-order chi connectivity index (χ0) is 17.6. The Morgan fingerprint density at radius 3 is 3.04 bits per heavy atom. The quantitative estimate of drug-likeness (QED) is 0.601. The number of anilines is 1. The summed E-state index contributed by atoms with van der Waals surface area (Å²) in [6, 6.07) is 1.85. The molecule has 10 heteroatoms. The van der Waals surface area contributed by atoms with Crippen molar-refractivity contribution >= 4 is 34.1 Å². The second-order valence-corrected chi connectivity index (χ2v) is 6.85. The normalized spacial score (nSPS) is 11.0. The smallest absolute Gasteiger partial charge is 0.236 e. The van der Waals surface area contributed by atoms with E-state index in [9.17, 15) is 4.79 Å². The van der Waals surface area contributed by atoms with Gasteiger partial charge in [-0.15, -0.1) is 21.5 Å². The van der Waals surface area contributed by atoms with Crippen LogP contribution in [0.2, 0.25) is 0 Å². The lowest BCUT2D eigenvalue weighted by Crippen LogP contribution is -2.15. The molecule has 3 heterocycles. The molecule has 0 saturated heterocycles. The molecule has 3 aromatic heterocycles. The molecule has 8 nitrogen and oxygen atoms in total. The Kier molecular flexibility index (Phi) is 5.84. The van der Waals surface area contributed by atoms with Gasteiger partial charge >= 0.3 is 0 Å². The Balaban J connectivity index is 1.73. The number of aryl methyl sites for hydroxylation is 1. The topological polar surface area (TPSA) is 95.1 Å². The molecule has 1 amide bonds. The van der Waals surface area contributed by atoms with Gasteiger partial charge in [-0.1, -0.05) is 11.8 Å². The molecule has 0 spiro atoms. The SMILES string of the molecule is COCCn1c(SCC(=O)Nc2nccs2)nnc1-c1ccoc1C. The van der Waals surface area contributed by atoms with Crippen LogP contribution in [0.15, 0.2) is 33.5 Å². The molecule has 0 aliphatic rings. The second kappa shape index (κ2) is 8.28. The fraction of sp³-hybridized carbons (Fsp3) is 0.333. The Morgan fingerprint density at radius 1 is 1.48 bits per heavy atom. The van der Waals surface area contributed by atoms with E-state index in [2.05, 4.69) is 20.5 Å². The standard InChI is InChI=1S/C15H17N5O3S2/c1-10-11(3-6-23-10)13-18-19-15(20(13)5-7-22-2)25-9-12(21)17-14-16-4-8-24-14/h3-4,6,8H,5,7,9H2,1-2H3,(H,16,17,21). The predicted octanol–water partition coefficient (Wildman–Crippen LogP) is 2.68. The average Bonchev–Trinajstić information content (AvgIpc) is 3.32. The van der Waals surface area contributed by atoms with Gasteiger partial charge in [-0.2, -0.15) is 0 Å². The number of thiazole rings is 1. The summed E-state index contributed by atoms with van der Waals surface area (Å²) in [6.45, 7) is 2.97. The summed E-state index contributed by atoms with van der Waals surface area (Å²) in [5.41, 5.74) is 0.877. The summed E-state index contributed by atoms with van der Waals surface area (Å²) in [5, 5.41) is 14.3. The van der Waals surface area contributed by atoms with E-state index in [-0.39, 0.29) is 11.7 Å². The highest BCUT2D eigenvalue weighted by Crippen LogP contribution is 2.27. The Bertz CT molecular complexity index is 828. The van der Waals surface area contributed by atoms with E-state index in [1.165, 1.54) is 23.1 Å². The molecule has 0 saturated carbocycles. The maximum atomic E-state index is 12.0. The number of rotatable bonds is 8. The van der Waals surface area contributed by atoms with E-state index >= 15 is 0 Å². The first-order chi connectivity index (χ1) is 12.2. The molecule has 0 fully saturated rings. The summed E-state index contributed by atoms with van der Waals surface area (Å²) in [5.74, 6) is 1.55. The fourth-order valence-corrected chi connectivity index (χ4v) is 3.48. The molecule has 0 bridgehead atoms. The lowest BCUT2D eigenvalue weighted by atomic mass is 10.2. The number of carbonyl (C=O) groups is 1. The van der Waals surface area contributed by atoms with Crippen LogP contribution in [0.25, 0.3) is 11.4 Å². The number of carbonyl (C=O) groups excluding carboxylic acids is 1. The molecule has 0 atom stereocenters. The van der Waals surface area contributed by atoms with Crippen LogP contribution in [0.1, 0.15) is 5.76 Å².